The summed E-state index contributed by atoms with van der Waals surface area (Å²) in [7, 11) is 0. The van der Waals surface area contributed by atoms with E-state index in [4.69, 9.17) is 4.74 Å². The Morgan fingerprint density at radius 2 is 1.87 bits per heavy atom. The van der Waals surface area contributed by atoms with Crippen molar-refractivity contribution < 1.29 is 14.3 Å². The van der Waals surface area contributed by atoms with Gasteiger partial charge in [0.2, 0.25) is 5.78 Å². The highest BCUT2D eigenvalue weighted by Gasteiger charge is 2.18. The molecular weight excluding hydrogens is 396 g/mol. The van der Waals surface area contributed by atoms with Crippen LogP contribution in [0.1, 0.15) is 48.4 Å². The number of hydrogen-bond donors (Lipinski definition) is 0. The van der Waals surface area contributed by atoms with Crippen molar-refractivity contribution in [2.24, 2.45) is 5.92 Å². The van der Waals surface area contributed by atoms with E-state index in [-0.39, 0.29) is 30.9 Å². The van der Waals surface area contributed by atoms with Crippen LogP contribution in [0, 0.1) is 19.8 Å². The van der Waals surface area contributed by atoms with Crippen LogP contribution >= 0.6 is 0 Å². The van der Waals surface area contributed by atoms with Crippen LogP contribution < -0.4 is 5.56 Å². The molecule has 0 aliphatic carbocycles. The molecule has 0 N–H and O–H groups in total. The normalized spacial score (nSPS) is 11.3. The van der Waals surface area contributed by atoms with Crippen molar-refractivity contribution in [1.29, 1.82) is 0 Å². The van der Waals surface area contributed by atoms with Gasteiger partial charge in [-0.3, -0.25) is 14.4 Å². The molecule has 2 heterocycles. The van der Waals surface area contributed by atoms with E-state index in [1.165, 1.54) is 0 Å². The van der Waals surface area contributed by atoms with Crippen molar-refractivity contribution in [2.45, 2.75) is 53.6 Å². The number of ketones is 1. The average molecular weight is 425 g/mol. The molecule has 0 fully saturated rings. The minimum absolute atomic E-state index is 0.0351. The second kappa shape index (κ2) is 9.68. The topological polar surface area (TPSA) is 96.1 Å². The molecule has 1 aromatic carbocycles. The quantitative estimate of drug-likeness (QED) is 0.387. The fourth-order valence-electron chi connectivity index (χ4n) is 3.48. The van der Waals surface area contributed by atoms with E-state index in [0.717, 1.165) is 29.0 Å². The highest BCUT2D eigenvalue weighted by molar-refractivity contribution is 5.99. The van der Waals surface area contributed by atoms with Crippen LogP contribution in [-0.4, -0.2) is 37.9 Å². The van der Waals surface area contributed by atoms with Gasteiger partial charge in [0.15, 0.2) is 6.61 Å². The van der Waals surface area contributed by atoms with Crippen LogP contribution in [0.2, 0.25) is 0 Å². The number of ether oxygens (including phenoxy) is 1. The Balaban J connectivity index is 1.56. The maximum absolute atomic E-state index is 12.6. The second-order valence-electron chi connectivity index (χ2n) is 8.09. The summed E-state index contributed by atoms with van der Waals surface area (Å²) in [5.74, 6) is -0.232. The summed E-state index contributed by atoms with van der Waals surface area (Å²) >= 11 is 0. The van der Waals surface area contributed by atoms with Crippen molar-refractivity contribution in [1.82, 2.24) is 19.6 Å². The van der Waals surface area contributed by atoms with Crippen molar-refractivity contribution in [2.75, 3.05) is 6.61 Å². The first-order valence-corrected chi connectivity index (χ1v) is 10.5. The Hall–Kier alpha value is -3.29. The van der Waals surface area contributed by atoms with Gasteiger partial charge in [0.25, 0.3) is 5.56 Å². The minimum atomic E-state index is -0.566. The van der Waals surface area contributed by atoms with Gasteiger partial charge in [-0.15, -0.1) is 5.10 Å². The fourth-order valence-corrected chi connectivity index (χ4v) is 3.48. The Bertz CT molecular complexity index is 1160. The molecule has 0 radical (unpaired) electrons. The summed E-state index contributed by atoms with van der Waals surface area (Å²) in [6.07, 6.45) is 0.948. The first-order valence-electron chi connectivity index (χ1n) is 10.5. The molecule has 3 rings (SSSR count). The predicted molar refractivity (Wildman–Crippen MR) is 117 cm³/mol. The van der Waals surface area contributed by atoms with E-state index in [1.807, 2.05) is 19.9 Å². The molecule has 8 nitrogen and oxygen atoms in total. The van der Waals surface area contributed by atoms with Gasteiger partial charge in [0.1, 0.15) is 5.52 Å². The van der Waals surface area contributed by atoms with Crippen LogP contribution in [0.5, 0.6) is 0 Å². The van der Waals surface area contributed by atoms with Gasteiger partial charge in [-0.05, 0) is 44.4 Å². The maximum Gasteiger partial charge on any atom is 0.308 e. The maximum atomic E-state index is 12.6. The van der Waals surface area contributed by atoms with Crippen molar-refractivity contribution in [3.8, 4) is 0 Å². The molecule has 3 aromatic rings. The molecule has 31 heavy (non-hydrogen) atoms. The molecule has 0 saturated heterocycles. The number of hydrogen-bond acceptors (Lipinski definition) is 6. The number of benzene rings is 1. The Labute approximate surface area is 180 Å². The summed E-state index contributed by atoms with van der Waals surface area (Å²) in [4.78, 5) is 37.1. The lowest BCUT2D eigenvalue weighted by Gasteiger charge is -2.11. The number of Topliss-reactive ketones (excluding diaryl/α,β-unsaturated/α-hetero) is 1. The van der Waals surface area contributed by atoms with Crippen LogP contribution in [0.15, 0.2) is 35.1 Å². The lowest BCUT2D eigenvalue weighted by atomic mass is 10.1. The lowest BCUT2D eigenvalue weighted by Crippen LogP contribution is -2.26. The first kappa shape index (κ1) is 22.4. The standard InChI is InChI=1S/C23H28N4O4/c1-15(2)9-11-26-16(3)13-19(17(26)4)21(28)14-31-22(29)10-12-27-23(30)18-7-5-6-8-20(18)24-25-27/h5-8,13,15H,9-12,14H2,1-4H3. The number of rotatable bonds is 9. The zero-order valence-corrected chi connectivity index (χ0v) is 18.4. The average Bonchev–Trinajstić information content (AvgIpc) is 3.03. The van der Waals surface area contributed by atoms with Gasteiger partial charge >= 0.3 is 5.97 Å². The van der Waals surface area contributed by atoms with Crippen molar-refractivity contribution in [3.63, 3.8) is 0 Å². The first-order chi connectivity index (χ1) is 14.8. The van der Waals surface area contributed by atoms with Gasteiger partial charge < -0.3 is 9.30 Å². The van der Waals surface area contributed by atoms with E-state index in [9.17, 15) is 14.4 Å². The summed E-state index contributed by atoms with van der Waals surface area (Å²) < 4.78 is 8.41. The number of nitrogens with zero attached hydrogens (tertiary/aromatic N) is 4. The van der Waals surface area contributed by atoms with Crippen LogP contribution in [-0.2, 0) is 22.6 Å². The van der Waals surface area contributed by atoms with Crippen LogP contribution in [0.3, 0.4) is 0 Å². The highest BCUT2D eigenvalue weighted by atomic mass is 16.5. The van der Waals surface area contributed by atoms with Crippen molar-refractivity contribution in [3.05, 3.63) is 57.6 Å². The molecule has 0 aliphatic heterocycles. The fraction of sp³-hybridized carbons (Fsp3) is 0.435. The number of esters is 1. The summed E-state index contributed by atoms with van der Waals surface area (Å²) in [5, 5.41) is 8.27. The van der Waals surface area contributed by atoms with E-state index < -0.39 is 5.97 Å². The van der Waals surface area contributed by atoms with Gasteiger partial charge in [-0.1, -0.05) is 31.2 Å². The third kappa shape index (κ3) is 5.25. The van der Waals surface area contributed by atoms with Crippen LogP contribution in [0.4, 0.5) is 0 Å². The zero-order chi connectivity index (χ0) is 22.5. The molecule has 164 valence electrons. The number of carbonyl (C=O) groups excluding carboxylic acids is 2. The molecule has 0 bridgehead atoms. The minimum Gasteiger partial charge on any atom is -0.457 e. The van der Waals surface area contributed by atoms with Crippen LogP contribution in [0.25, 0.3) is 10.9 Å². The summed E-state index contributed by atoms with van der Waals surface area (Å²) in [6.45, 7) is 8.77. The van der Waals surface area contributed by atoms with Gasteiger partial charge in [-0.25, -0.2) is 4.68 Å². The number of aryl methyl sites for hydroxylation is 2. The smallest absolute Gasteiger partial charge is 0.308 e. The lowest BCUT2D eigenvalue weighted by molar-refractivity contribution is -0.142. The largest absolute Gasteiger partial charge is 0.457 e. The van der Waals surface area contributed by atoms with Gasteiger partial charge in [0, 0.05) is 23.5 Å². The SMILES string of the molecule is Cc1cc(C(=O)COC(=O)CCn2nnc3ccccc3c2=O)c(C)n1CCC(C)C. The van der Waals surface area contributed by atoms with E-state index in [1.54, 1.807) is 24.3 Å². The van der Waals surface area contributed by atoms with Crippen molar-refractivity contribution >= 4 is 22.7 Å². The molecule has 0 amide bonds. The molecule has 8 heteroatoms. The zero-order valence-electron chi connectivity index (χ0n) is 18.4. The second-order valence-corrected chi connectivity index (χ2v) is 8.09. The molecule has 0 unspecified atom stereocenters. The highest BCUT2D eigenvalue weighted by Crippen LogP contribution is 2.18. The molecule has 0 aliphatic rings. The Morgan fingerprint density at radius 1 is 1.13 bits per heavy atom. The molecule has 0 atom stereocenters. The Kier molecular flexibility index (Phi) is 6.99. The Morgan fingerprint density at radius 3 is 2.61 bits per heavy atom. The van der Waals surface area contributed by atoms with E-state index >= 15 is 0 Å². The molecule has 2 aromatic heterocycles. The number of aromatic nitrogens is 4. The van der Waals surface area contributed by atoms with Gasteiger partial charge in [0.05, 0.1) is 18.4 Å². The molecular formula is C23H28N4O4. The summed E-state index contributed by atoms with van der Waals surface area (Å²) in [6, 6.07) is 8.73. The van der Waals surface area contributed by atoms with E-state index in [2.05, 4.69) is 28.7 Å². The number of fused-ring (bicyclic) bond motifs is 1. The predicted octanol–water partition coefficient (Wildman–Crippen LogP) is 3.07. The third-order valence-corrected chi connectivity index (χ3v) is 5.33. The molecule has 0 saturated carbocycles. The summed E-state index contributed by atoms with van der Waals surface area (Å²) in [5.41, 5.74) is 2.66. The monoisotopic (exact) mass is 424 g/mol. The number of carbonyl (C=O) groups is 2. The van der Waals surface area contributed by atoms with Gasteiger partial charge in [-0.2, -0.15) is 0 Å². The third-order valence-electron chi connectivity index (χ3n) is 5.33. The molecule has 0 spiro atoms. The van der Waals surface area contributed by atoms with E-state index in [0.29, 0.717) is 22.4 Å².